The Labute approximate surface area is 175 Å². The van der Waals surface area contributed by atoms with Gasteiger partial charge in [-0.15, -0.1) is 24.0 Å². The van der Waals surface area contributed by atoms with E-state index in [1.807, 2.05) is 7.05 Å². The van der Waals surface area contributed by atoms with Gasteiger partial charge in [0.2, 0.25) is 0 Å². The predicted molar refractivity (Wildman–Crippen MR) is 120 cm³/mol. The summed E-state index contributed by atoms with van der Waals surface area (Å²) in [6.45, 7) is 7.21. The number of nitrogens with zero attached hydrogens (tertiary/aromatic N) is 2. The van der Waals surface area contributed by atoms with Gasteiger partial charge in [0.15, 0.2) is 5.96 Å². The topological polar surface area (TPSA) is 48.9 Å². The zero-order chi connectivity index (χ0) is 17.5. The second kappa shape index (κ2) is 11.0. The van der Waals surface area contributed by atoms with Crippen molar-refractivity contribution in [1.82, 2.24) is 10.6 Å². The molecule has 1 aromatic rings. The first kappa shape index (κ1) is 21.3. The van der Waals surface area contributed by atoms with Crippen LogP contribution in [0.15, 0.2) is 29.3 Å². The molecule has 0 aromatic heterocycles. The van der Waals surface area contributed by atoms with Crippen molar-refractivity contribution in [2.75, 3.05) is 38.2 Å². The fourth-order valence-corrected chi connectivity index (χ4v) is 3.51. The van der Waals surface area contributed by atoms with E-state index in [9.17, 15) is 0 Å². The number of piperidine rings is 1. The van der Waals surface area contributed by atoms with E-state index in [4.69, 9.17) is 4.74 Å². The van der Waals surface area contributed by atoms with Gasteiger partial charge in [0.1, 0.15) is 0 Å². The minimum absolute atomic E-state index is 0. The number of hydrogen-bond donors (Lipinski definition) is 2. The second-order valence-corrected chi connectivity index (χ2v) is 7.28. The Morgan fingerprint density at radius 1 is 1.15 bits per heavy atom. The maximum Gasteiger partial charge on any atom is 0.191 e. The smallest absolute Gasteiger partial charge is 0.191 e. The van der Waals surface area contributed by atoms with Gasteiger partial charge < -0.3 is 20.3 Å². The number of rotatable bonds is 5. The Balaban J connectivity index is 0.00000243. The van der Waals surface area contributed by atoms with Crippen molar-refractivity contribution in [2.24, 2.45) is 10.9 Å². The van der Waals surface area contributed by atoms with E-state index in [2.05, 4.69) is 51.7 Å². The first-order valence-electron chi connectivity index (χ1n) is 9.64. The molecule has 0 saturated carbocycles. The van der Waals surface area contributed by atoms with Gasteiger partial charge >= 0.3 is 0 Å². The third-order valence-corrected chi connectivity index (χ3v) is 5.29. The largest absolute Gasteiger partial charge is 0.376 e. The van der Waals surface area contributed by atoms with Crippen LogP contribution >= 0.6 is 24.0 Å². The summed E-state index contributed by atoms with van der Waals surface area (Å²) in [7, 11) is 1.81. The molecule has 1 atom stereocenters. The van der Waals surface area contributed by atoms with E-state index >= 15 is 0 Å². The van der Waals surface area contributed by atoms with Gasteiger partial charge in [-0.1, -0.05) is 19.1 Å². The van der Waals surface area contributed by atoms with Gasteiger partial charge in [0.05, 0.1) is 6.10 Å². The first-order valence-corrected chi connectivity index (χ1v) is 9.64. The molecule has 0 spiro atoms. The van der Waals surface area contributed by atoms with Crippen LogP contribution < -0.4 is 15.5 Å². The third-order valence-electron chi connectivity index (χ3n) is 5.29. The van der Waals surface area contributed by atoms with Gasteiger partial charge in [-0.2, -0.15) is 0 Å². The summed E-state index contributed by atoms with van der Waals surface area (Å²) in [4.78, 5) is 6.79. The maximum atomic E-state index is 5.64. The lowest BCUT2D eigenvalue weighted by atomic mass is 9.99. The van der Waals surface area contributed by atoms with Crippen LogP contribution in [0.3, 0.4) is 0 Å². The van der Waals surface area contributed by atoms with E-state index in [1.54, 1.807) is 0 Å². The number of guanidine groups is 1. The highest BCUT2D eigenvalue weighted by Crippen LogP contribution is 2.23. The zero-order valence-electron chi connectivity index (χ0n) is 16.0. The van der Waals surface area contributed by atoms with Gasteiger partial charge in [0, 0.05) is 45.5 Å². The molecule has 3 rings (SSSR count). The minimum Gasteiger partial charge on any atom is -0.376 e. The number of nitrogens with one attached hydrogen (secondary N) is 2. The molecular weight excluding hydrogens is 439 g/mol. The molecule has 0 bridgehead atoms. The molecule has 0 radical (unpaired) electrons. The van der Waals surface area contributed by atoms with Gasteiger partial charge in [-0.3, -0.25) is 4.99 Å². The molecular formula is C20H33IN4O. The Kier molecular flexibility index (Phi) is 8.98. The first-order chi connectivity index (χ1) is 12.2. The van der Waals surface area contributed by atoms with Crippen molar-refractivity contribution in [1.29, 1.82) is 0 Å². The number of anilines is 1. The summed E-state index contributed by atoms with van der Waals surface area (Å²) in [6.07, 6.45) is 5.23. The summed E-state index contributed by atoms with van der Waals surface area (Å²) in [5.41, 5.74) is 2.62. The molecule has 1 unspecified atom stereocenters. The van der Waals surface area contributed by atoms with Crippen LogP contribution in [0.2, 0.25) is 0 Å². The molecule has 2 aliphatic heterocycles. The van der Waals surface area contributed by atoms with Gasteiger partial charge in [-0.05, 0) is 49.3 Å². The van der Waals surface area contributed by atoms with Crippen molar-refractivity contribution < 1.29 is 4.74 Å². The molecule has 2 aliphatic rings. The van der Waals surface area contributed by atoms with Crippen LogP contribution in [0.25, 0.3) is 0 Å². The Hall–Kier alpha value is -1.02. The monoisotopic (exact) mass is 472 g/mol. The lowest BCUT2D eigenvalue weighted by Crippen LogP contribution is -2.40. The van der Waals surface area contributed by atoms with Crippen LogP contribution in [0.5, 0.6) is 0 Å². The van der Waals surface area contributed by atoms with Crippen LogP contribution in [0, 0.1) is 5.92 Å². The van der Waals surface area contributed by atoms with E-state index in [-0.39, 0.29) is 24.0 Å². The number of halogens is 1. The quantitative estimate of drug-likeness (QED) is 0.392. The standard InChI is InChI=1S/C20H32N4O.HI/c1-16-9-11-24(12-10-16)18-7-5-17(6-8-18)14-22-20(21-2)23-15-19-4-3-13-25-19;/h5-8,16,19H,3-4,9-15H2,1-2H3,(H2,21,22,23);1H. The lowest BCUT2D eigenvalue weighted by Gasteiger charge is -2.32. The zero-order valence-corrected chi connectivity index (χ0v) is 18.4. The molecule has 0 amide bonds. The van der Waals surface area contributed by atoms with Crippen LogP contribution in [-0.2, 0) is 11.3 Å². The molecule has 146 valence electrons. The molecule has 5 nitrogen and oxygen atoms in total. The van der Waals surface area contributed by atoms with Crippen molar-refractivity contribution in [3.8, 4) is 0 Å². The van der Waals surface area contributed by atoms with Gasteiger partial charge in [0.25, 0.3) is 0 Å². The Morgan fingerprint density at radius 3 is 2.50 bits per heavy atom. The molecule has 6 heteroatoms. The number of aliphatic imine (C=N–C) groups is 1. The highest BCUT2D eigenvalue weighted by atomic mass is 127. The minimum atomic E-state index is 0. The average molecular weight is 472 g/mol. The molecule has 2 saturated heterocycles. The number of hydrogen-bond acceptors (Lipinski definition) is 3. The Bertz CT molecular complexity index is 549. The SMILES string of the molecule is CN=C(NCc1ccc(N2CCC(C)CC2)cc1)NCC1CCCO1.I. The summed E-state index contributed by atoms with van der Waals surface area (Å²) in [5, 5.41) is 6.74. The molecule has 2 heterocycles. The summed E-state index contributed by atoms with van der Waals surface area (Å²) in [6, 6.07) is 8.92. The van der Waals surface area contributed by atoms with E-state index < -0.39 is 0 Å². The highest BCUT2D eigenvalue weighted by molar-refractivity contribution is 14.0. The Morgan fingerprint density at radius 2 is 1.88 bits per heavy atom. The highest BCUT2D eigenvalue weighted by Gasteiger charge is 2.16. The lowest BCUT2D eigenvalue weighted by molar-refractivity contribution is 0.114. The predicted octanol–water partition coefficient (Wildman–Crippen LogP) is 3.38. The van der Waals surface area contributed by atoms with Crippen LogP contribution in [0.4, 0.5) is 5.69 Å². The summed E-state index contributed by atoms with van der Waals surface area (Å²) < 4.78 is 5.64. The van der Waals surface area contributed by atoms with Crippen LogP contribution in [-0.4, -0.2) is 45.4 Å². The maximum absolute atomic E-state index is 5.64. The van der Waals surface area contributed by atoms with E-state index in [0.717, 1.165) is 38.0 Å². The normalized spacial score (nSPS) is 21.4. The van der Waals surface area contributed by atoms with Crippen molar-refractivity contribution >= 4 is 35.6 Å². The number of benzene rings is 1. The molecule has 2 fully saturated rings. The molecule has 26 heavy (non-hydrogen) atoms. The van der Waals surface area contributed by atoms with Gasteiger partial charge in [-0.25, -0.2) is 0 Å². The van der Waals surface area contributed by atoms with E-state index in [0.29, 0.717) is 6.10 Å². The fraction of sp³-hybridized carbons (Fsp3) is 0.650. The van der Waals surface area contributed by atoms with Crippen molar-refractivity contribution in [3.05, 3.63) is 29.8 Å². The van der Waals surface area contributed by atoms with E-state index in [1.165, 1.54) is 43.6 Å². The average Bonchev–Trinajstić information content (AvgIpc) is 3.17. The van der Waals surface area contributed by atoms with Crippen molar-refractivity contribution in [2.45, 2.75) is 45.3 Å². The van der Waals surface area contributed by atoms with Crippen molar-refractivity contribution in [3.63, 3.8) is 0 Å². The summed E-state index contributed by atoms with van der Waals surface area (Å²) >= 11 is 0. The molecule has 0 aliphatic carbocycles. The van der Waals surface area contributed by atoms with Crippen LogP contribution in [0.1, 0.15) is 38.2 Å². The molecule has 2 N–H and O–H groups in total. The summed E-state index contributed by atoms with van der Waals surface area (Å²) in [5.74, 6) is 1.71. The fourth-order valence-electron chi connectivity index (χ4n) is 3.51. The third kappa shape index (κ3) is 6.30. The second-order valence-electron chi connectivity index (χ2n) is 7.28. The molecule has 1 aromatic carbocycles. The number of ether oxygens (including phenoxy) is 1.